The molecule has 1 aromatic heterocycles. The molecule has 0 fully saturated rings. The fraction of sp³-hybridized carbons (Fsp3) is 0.400. The van der Waals surface area contributed by atoms with Crippen LogP contribution in [0.5, 0.6) is 0 Å². The van der Waals surface area contributed by atoms with Gasteiger partial charge in [-0.2, -0.15) is 4.31 Å². The highest BCUT2D eigenvalue weighted by atomic mass is 32.2. The van der Waals surface area contributed by atoms with Crippen LogP contribution in [0.1, 0.15) is 5.56 Å². The number of aliphatic hydroxyl groups is 1. The Balaban J connectivity index is 3.02. The monoisotopic (exact) mass is 276 g/mol. The van der Waals surface area contributed by atoms with Crippen molar-refractivity contribution in [3.8, 4) is 0 Å². The zero-order valence-corrected chi connectivity index (χ0v) is 11.0. The van der Waals surface area contributed by atoms with Crippen LogP contribution < -0.4 is 5.73 Å². The van der Waals surface area contributed by atoms with Gasteiger partial charge < -0.3 is 10.8 Å². The van der Waals surface area contributed by atoms with Crippen LogP contribution >= 0.6 is 11.3 Å². The number of nitrogens with two attached hydrogens (primary N) is 1. The largest absolute Gasteiger partial charge is 0.395 e. The van der Waals surface area contributed by atoms with E-state index >= 15 is 0 Å². The minimum absolute atomic E-state index is 0.0597. The summed E-state index contributed by atoms with van der Waals surface area (Å²) >= 11 is 1.14. The number of hydrogen-bond donors (Lipinski definition) is 2. The number of sulfonamides is 1. The molecule has 0 spiro atoms. The van der Waals surface area contributed by atoms with Crippen molar-refractivity contribution >= 4 is 21.4 Å². The molecule has 0 unspecified atom stereocenters. The van der Waals surface area contributed by atoms with Crippen LogP contribution in [0, 0.1) is 0 Å². The first kappa shape index (κ1) is 14.3. The van der Waals surface area contributed by atoms with Gasteiger partial charge in [-0.3, -0.25) is 0 Å². The molecule has 7 heteroatoms. The SMILES string of the molecule is C=CCN(CCO)S(=O)(=O)c1cc(CN)cs1. The maximum atomic E-state index is 12.2. The number of aliphatic hydroxyl groups excluding tert-OH is 1. The van der Waals surface area contributed by atoms with Crippen molar-refractivity contribution in [1.29, 1.82) is 0 Å². The van der Waals surface area contributed by atoms with E-state index in [2.05, 4.69) is 6.58 Å². The summed E-state index contributed by atoms with van der Waals surface area (Å²) in [5.74, 6) is 0. The van der Waals surface area contributed by atoms with Crippen molar-refractivity contribution in [3.63, 3.8) is 0 Å². The topological polar surface area (TPSA) is 83.6 Å². The molecule has 3 N–H and O–H groups in total. The molecule has 0 saturated heterocycles. The van der Waals surface area contributed by atoms with Gasteiger partial charge in [0.15, 0.2) is 0 Å². The normalized spacial score (nSPS) is 11.9. The summed E-state index contributed by atoms with van der Waals surface area (Å²) in [6, 6.07) is 1.56. The second-order valence-corrected chi connectivity index (χ2v) is 6.43. The van der Waals surface area contributed by atoms with E-state index in [0.29, 0.717) is 6.54 Å². The molecule has 0 aliphatic carbocycles. The Labute approximate surface area is 105 Å². The zero-order chi connectivity index (χ0) is 12.9. The van der Waals surface area contributed by atoms with Crippen molar-refractivity contribution in [1.82, 2.24) is 4.31 Å². The molecule has 0 aliphatic heterocycles. The lowest BCUT2D eigenvalue weighted by molar-refractivity contribution is 0.260. The fourth-order valence-electron chi connectivity index (χ4n) is 1.29. The minimum Gasteiger partial charge on any atom is -0.395 e. The molecule has 1 heterocycles. The van der Waals surface area contributed by atoms with Gasteiger partial charge in [-0.05, 0) is 17.0 Å². The summed E-state index contributed by atoms with van der Waals surface area (Å²) in [6.45, 7) is 3.84. The third-order valence-corrected chi connectivity index (χ3v) is 5.47. The van der Waals surface area contributed by atoms with Gasteiger partial charge >= 0.3 is 0 Å². The van der Waals surface area contributed by atoms with Crippen LogP contribution in [0.4, 0.5) is 0 Å². The summed E-state index contributed by atoms with van der Waals surface area (Å²) in [5.41, 5.74) is 6.23. The molecule has 96 valence electrons. The van der Waals surface area contributed by atoms with E-state index in [9.17, 15) is 8.42 Å². The quantitative estimate of drug-likeness (QED) is 0.705. The molecular weight excluding hydrogens is 260 g/mol. The van der Waals surface area contributed by atoms with E-state index in [4.69, 9.17) is 10.8 Å². The van der Waals surface area contributed by atoms with Gasteiger partial charge in [0.1, 0.15) is 4.21 Å². The molecular formula is C10H16N2O3S2. The van der Waals surface area contributed by atoms with Gasteiger partial charge in [-0.25, -0.2) is 8.42 Å². The Kier molecular flexibility index (Phi) is 5.29. The lowest BCUT2D eigenvalue weighted by Crippen LogP contribution is -2.33. The van der Waals surface area contributed by atoms with Crippen LogP contribution in [0.25, 0.3) is 0 Å². The van der Waals surface area contributed by atoms with Crippen LogP contribution in [0.15, 0.2) is 28.3 Å². The Bertz CT molecular complexity index is 468. The summed E-state index contributed by atoms with van der Waals surface area (Å²) in [6.07, 6.45) is 1.49. The molecule has 0 bridgehead atoms. The highest BCUT2D eigenvalue weighted by Gasteiger charge is 2.24. The first-order valence-electron chi connectivity index (χ1n) is 5.05. The molecule has 0 aliphatic rings. The number of thiophene rings is 1. The van der Waals surface area contributed by atoms with E-state index in [1.165, 1.54) is 10.4 Å². The van der Waals surface area contributed by atoms with Crippen LogP contribution in [0.3, 0.4) is 0 Å². The number of nitrogens with zero attached hydrogens (tertiary/aromatic N) is 1. The van der Waals surface area contributed by atoms with E-state index in [0.717, 1.165) is 16.9 Å². The second kappa shape index (κ2) is 6.27. The Morgan fingerprint density at radius 3 is 2.76 bits per heavy atom. The van der Waals surface area contributed by atoms with Gasteiger partial charge in [0.25, 0.3) is 10.0 Å². The van der Waals surface area contributed by atoms with Crippen molar-refractivity contribution in [3.05, 3.63) is 29.7 Å². The lowest BCUT2D eigenvalue weighted by Gasteiger charge is -2.18. The summed E-state index contributed by atoms with van der Waals surface area (Å²) in [4.78, 5) is 0. The fourth-order valence-corrected chi connectivity index (χ4v) is 4.06. The highest BCUT2D eigenvalue weighted by molar-refractivity contribution is 7.91. The van der Waals surface area contributed by atoms with Gasteiger partial charge in [0, 0.05) is 19.6 Å². The summed E-state index contributed by atoms with van der Waals surface area (Å²) < 4.78 is 25.8. The third-order valence-electron chi connectivity index (χ3n) is 2.14. The van der Waals surface area contributed by atoms with Gasteiger partial charge in [-0.1, -0.05) is 6.08 Å². The molecule has 1 aromatic rings. The van der Waals surface area contributed by atoms with E-state index in [1.54, 1.807) is 11.4 Å². The second-order valence-electron chi connectivity index (χ2n) is 3.35. The van der Waals surface area contributed by atoms with Gasteiger partial charge in [0.2, 0.25) is 0 Å². The highest BCUT2D eigenvalue weighted by Crippen LogP contribution is 2.23. The summed E-state index contributed by atoms with van der Waals surface area (Å²) in [7, 11) is -3.55. The van der Waals surface area contributed by atoms with Crippen LogP contribution in [0.2, 0.25) is 0 Å². The average Bonchev–Trinajstić information content (AvgIpc) is 2.78. The molecule has 0 atom stereocenters. The zero-order valence-electron chi connectivity index (χ0n) is 9.37. The first-order valence-corrected chi connectivity index (χ1v) is 7.37. The average molecular weight is 276 g/mol. The first-order chi connectivity index (χ1) is 8.06. The maximum absolute atomic E-state index is 12.2. The third kappa shape index (κ3) is 3.36. The van der Waals surface area contributed by atoms with E-state index < -0.39 is 10.0 Å². The predicted molar refractivity (Wildman–Crippen MR) is 68.3 cm³/mol. The van der Waals surface area contributed by atoms with E-state index in [1.807, 2.05) is 0 Å². The molecule has 5 nitrogen and oxygen atoms in total. The summed E-state index contributed by atoms with van der Waals surface area (Å²) in [5, 5.41) is 10.6. The lowest BCUT2D eigenvalue weighted by atomic mass is 10.4. The maximum Gasteiger partial charge on any atom is 0.252 e. The van der Waals surface area contributed by atoms with Crippen molar-refractivity contribution in [2.75, 3.05) is 19.7 Å². The van der Waals surface area contributed by atoms with Crippen LogP contribution in [-0.4, -0.2) is 37.5 Å². The number of rotatable bonds is 7. The molecule has 0 amide bonds. The Morgan fingerprint density at radius 1 is 1.59 bits per heavy atom. The standard InChI is InChI=1S/C10H16N2O3S2/c1-2-3-12(4-5-13)17(14,15)10-6-9(7-11)8-16-10/h2,6,8,13H,1,3-5,7,11H2. The van der Waals surface area contributed by atoms with Crippen LogP contribution in [-0.2, 0) is 16.6 Å². The smallest absolute Gasteiger partial charge is 0.252 e. The molecule has 17 heavy (non-hydrogen) atoms. The molecule has 0 aromatic carbocycles. The molecule has 1 rings (SSSR count). The Morgan fingerprint density at radius 2 is 2.29 bits per heavy atom. The van der Waals surface area contributed by atoms with E-state index in [-0.39, 0.29) is 23.9 Å². The number of hydrogen-bond acceptors (Lipinski definition) is 5. The van der Waals surface area contributed by atoms with Gasteiger partial charge in [-0.15, -0.1) is 17.9 Å². The Hall–Kier alpha value is -0.730. The minimum atomic E-state index is -3.55. The predicted octanol–water partition coefficient (Wildman–Crippen LogP) is 0.376. The molecule has 0 radical (unpaired) electrons. The van der Waals surface area contributed by atoms with Crippen molar-refractivity contribution in [2.24, 2.45) is 5.73 Å². The van der Waals surface area contributed by atoms with Crippen molar-refractivity contribution in [2.45, 2.75) is 10.8 Å². The van der Waals surface area contributed by atoms with Crippen molar-refractivity contribution < 1.29 is 13.5 Å². The van der Waals surface area contributed by atoms with Gasteiger partial charge in [0.05, 0.1) is 6.61 Å². The molecule has 0 saturated carbocycles.